The number of furan rings is 1. The van der Waals surface area contributed by atoms with E-state index in [1.54, 1.807) is 20.1 Å². The molecule has 0 radical (unpaired) electrons. The van der Waals surface area contributed by atoms with E-state index in [9.17, 15) is 9.59 Å². The van der Waals surface area contributed by atoms with Crippen LogP contribution in [0.3, 0.4) is 0 Å². The molecule has 7 rings (SSSR count). The summed E-state index contributed by atoms with van der Waals surface area (Å²) in [5, 5.41) is 4.77. The van der Waals surface area contributed by atoms with Gasteiger partial charge in [-0.2, -0.15) is 0 Å². The highest BCUT2D eigenvalue weighted by Crippen LogP contribution is 2.64. The van der Waals surface area contributed by atoms with Crippen LogP contribution in [0.2, 0.25) is 0 Å². The molecular weight excluding hydrogens is 498 g/mol. The molecule has 4 aliphatic carbocycles. The summed E-state index contributed by atoms with van der Waals surface area (Å²) in [6, 6.07) is 11.4. The lowest BCUT2D eigenvalue weighted by atomic mass is 9.49. The number of esters is 1. The minimum Gasteiger partial charge on any atom is -0.495 e. The number of amides is 1. The monoisotopic (exact) mass is 525 g/mol. The molecule has 1 heterocycles. The molecule has 2 aromatic carbocycles. The zero-order valence-electron chi connectivity index (χ0n) is 19.4. The molecule has 1 N–H and O–H groups in total. The second kappa shape index (κ2) is 7.74. The highest BCUT2D eigenvalue weighted by atomic mass is 79.9. The van der Waals surface area contributed by atoms with Crippen molar-refractivity contribution in [2.45, 2.75) is 55.9 Å². The van der Waals surface area contributed by atoms with Gasteiger partial charge < -0.3 is 19.2 Å². The van der Waals surface area contributed by atoms with Crippen LogP contribution >= 0.6 is 15.9 Å². The lowest BCUT2D eigenvalue weighted by Gasteiger charge is -2.58. The van der Waals surface area contributed by atoms with Gasteiger partial charge in [-0.1, -0.05) is 34.1 Å². The van der Waals surface area contributed by atoms with Crippen LogP contribution in [0.15, 0.2) is 40.8 Å². The summed E-state index contributed by atoms with van der Waals surface area (Å²) in [6.07, 6.45) is 5.13. The highest BCUT2D eigenvalue weighted by molar-refractivity contribution is 9.10. The van der Waals surface area contributed by atoms with E-state index in [1.807, 2.05) is 30.3 Å². The third-order valence-electron chi connectivity index (χ3n) is 8.03. The number of halogens is 1. The van der Waals surface area contributed by atoms with Gasteiger partial charge in [-0.3, -0.25) is 9.59 Å². The number of anilines is 1. The number of benzene rings is 2. The second-order valence-electron chi connectivity index (χ2n) is 10.6. The maximum absolute atomic E-state index is 13.3. The summed E-state index contributed by atoms with van der Waals surface area (Å²) < 4.78 is 17.3. The van der Waals surface area contributed by atoms with Crippen LogP contribution in [-0.2, 0) is 14.3 Å². The maximum Gasteiger partial charge on any atom is 0.312 e. The summed E-state index contributed by atoms with van der Waals surface area (Å²) >= 11 is 3.94. The van der Waals surface area contributed by atoms with Crippen molar-refractivity contribution in [3.8, 4) is 5.75 Å². The Morgan fingerprint density at radius 1 is 1.09 bits per heavy atom. The van der Waals surface area contributed by atoms with E-state index in [1.165, 1.54) is 6.42 Å². The fourth-order valence-corrected chi connectivity index (χ4v) is 8.43. The topological polar surface area (TPSA) is 77.8 Å². The Labute approximate surface area is 206 Å². The Morgan fingerprint density at radius 2 is 1.82 bits per heavy atom. The van der Waals surface area contributed by atoms with Crippen molar-refractivity contribution >= 4 is 55.4 Å². The molecule has 1 aromatic heterocycles. The first-order chi connectivity index (χ1) is 16.3. The van der Waals surface area contributed by atoms with Crippen LogP contribution in [0.1, 0.15) is 45.4 Å². The Balaban J connectivity index is 1.20. The number of rotatable bonds is 5. The van der Waals surface area contributed by atoms with Gasteiger partial charge in [0.15, 0.2) is 6.10 Å². The molecule has 6 nitrogen and oxygen atoms in total. The largest absolute Gasteiger partial charge is 0.495 e. The molecule has 4 fully saturated rings. The molecule has 1 amide bonds. The molecule has 0 aliphatic heterocycles. The minimum atomic E-state index is -0.914. The number of nitrogens with one attached hydrogen (secondary N) is 1. The van der Waals surface area contributed by atoms with E-state index in [0.717, 1.165) is 48.5 Å². The van der Waals surface area contributed by atoms with Gasteiger partial charge in [0.05, 0.1) is 18.2 Å². The van der Waals surface area contributed by atoms with Crippen molar-refractivity contribution in [3.05, 3.63) is 36.4 Å². The standard InChI is InChI=1S/C27H28BrNO5/c1-15(33-25(31)26-10-16-7-17(11-26)13-27(28,12-16)14-26)24(30)29-20-9-22-19(8-23(20)32-2)18-5-3-4-6-21(18)34-22/h3-6,8-9,15-17H,7,10-14H2,1-2H3,(H,29,30)/t15-,16-,17+,26?,27?/m1/s1. The predicted molar refractivity (Wildman–Crippen MR) is 133 cm³/mol. The zero-order valence-corrected chi connectivity index (χ0v) is 20.9. The number of para-hydroxylation sites is 1. The van der Waals surface area contributed by atoms with Crippen molar-refractivity contribution in [2.75, 3.05) is 12.4 Å². The van der Waals surface area contributed by atoms with E-state index in [2.05, 4.69) is 21.2 Å². The third kappa shape index (κ3) is 3.51. The van der Waals surface area contributed by atoms with Crippen LogP contribution in [0.4, 0.5) is 5.69 Å². The minimum absolute atomic E-state index is 0.0525. The molecule has 178 valence electrons. The number of hydrogen-bond donors (Lipinski definition) is 1. The van der Waals surface area contributed by atoms with E-state index in [4.69, 9.17) is 13.9 Å². The summed E-state index contributed by atoms with van der Waals surface area (Å²) in [4.78, 5) is 26.4. The molecule has 0 saturated heterocycles. The Morgan fingerprint density at radius 3 is 2.53 bits per heavy atom. The van der Waals surface area contributed by atoms with Crippen molar-refractivity contribution in [1.82, 2.24) is 0 Å². The average Bonchev–Trinajstić information content (AvgIpc) is 3.14. The molecule has 7 heteroatoms. The van der Waals surface area contributed by atoms with Gasteiger partial charge in [0.25, 0.3) is 5.91 Å². The maximum atomic E-state index is 13.3. The van der Waals surface area contributed by atoms with Gasteiger partial charge in [-0.15, -0.1) is 0 Å². The van der Waals surface area contributed by atoms with Crippen LogP contribution in [-0.4, -0.2) is 29.4 Å². The first-order valence-electron chi connectivity index (χ1n) is 12.0. The summed E-state index contributed by atoms with van der Waals surface area (Å²) in [5.74, 6) is 1.04. The van der Waals surface area contributed by atoms with Gasteiger partial charge >= 0.3 is 5.97 Å². The quantitative estimate of drug-likeness (QED) is 0.317. The van der Waals surface area contributed by atoms with Gasteiger partial charge in [0.1, 0.15) is 16.9 Å². The number of carbonyl (C=O) groups is 2. The van der Waals surface area contributed by atoms with Crippen molar-refractivity contribution in [3.63, 3.8) is 0 Å². The Kier molecular flexibility index (Phi) is 5.00. The molecule has 0 spiro atoms. The number of carbonyl (C=O) groups excluding carboxylic acids is 2. The van der Waals surface area contributed by atoms with Crippen molar-refractivity contribution < 1.29 is 23.5 Å². The van der Waals surface area contributed by atoms with Crippen LogP contribution < -0.4 is 10.1 Å². The third-order valence-corrected chi connectivity index (χ3v) is 8.96. The lowest BCUT2D eigenvalue weighted by molar-refractivity contribution is -0.175. The molecule has 4 saturated carbocycles. The molecule has 5 atom stereocenters. The van der Waals surface area contributed by atoms with Crippen molar-refractivity contribution in [2.24, 2.45) is 17.3 Å². The molecule has 4 aliphatic rings. The smallest absolute Gasteiger partial charge is 0.312 e. The van der Waals surface area contributed by atoms with Gasteiger partial charge in [-0.25, -0.2) is 0 Å². The molecule has 4 bridgehead atoms. The number of hydrogen-bond acceptors (Lipinski definition) is 5. The van der Waals surface area contributed by atoms with Crippen LogP contribution in [0.25, 0.3) is 21.9 Å². The first kappa shape index (κ1) is 22.0. The fraction of sp³-hybridized carbons (Fsp3) is 0.481. The molecule has 2 unspecified atom stereocenters. The average molecular weight is 526 g/mol. The predicted octanol–water partition coefficient (Wildman–Crippen LogP) is 6.20. The fourth-order valence-electron chi connectivity index (χ4n) is 6.98. The van der Waals surface area contributed by atoms with E-state index in [0.29, 0.717) is 28.9 Å². The molecule has 3 aromatic rings. The highest BCUT2D eigenvalue weighted by Gasteiger charge is 2.60. The first-order valence-corrected chi connectivity index (χ1v) is 12.8. The van der Waals surface area contributed by atoms with E-state index < -0.39 is 11.5 Å². The molecule has 34 heavy (non-hydrogen) atoms. The van der Waals surface area contributed by atoms with E-state index in [-0.39, 0.29) is 16.2 Å². The number of fused-ring (bicyclic) bond motifs is 3. The SMILES string of the molecule is COc1cc2c(cc1NC(=O)[C@@H](C)OC(=O)C13C[C@@H]4C[C@@H](CC(Br)(C4)C1)C3)oc1ccccc12. The number of methoxy groups -OCH3 is 1. The lowest BCUT2D eigenvalue weighted by Crippen LogP contribution is -2.56. The Hall–Kier alpha value is -2.54. The Bertz CT molecular complexity index is 1300. The van der Waals surface area contributed by atoms with Gasteiger partial charge in [0.2, 0.25) is 0 Å². The second-order valence-corrected chi connectivity index (χ2v) is 12.3. The van der Waals surface area contributed by atoms with Crippen molar-refractivity contribution in [1.29, 1.82) is 0 Å². The van der Waals surface area contributed by atoms with Gasteiger partial charge in [-0.05, 0) is 69.4 Å². The number of ether oxygens (including phenoxy) is 2. The number of alkyl halides is 1. The normalized spacial score (nSPS) is 30.4. The van der Waals surface area contributed by atoms with E-state index >= 15 is 0 Å². The summed E-state index contributed by atoms with van der Waals surface area (Å²) in [7, 11) is 1.56. The summed E-state index contributed by atoms with van der Waals surface area (Å²) in [6.45, 7) is 1.63. The van der Waals surface area contributed by atoms with Crippen LogP contribution in [0.5, 0.6) is 5.75 Å². The van der Waals surface area contributed by atoms with Crippen LogP contribution in [0, 0.1) is 17.3 Å². The molecular formula is C27H28BrNO5. The zero-order chi connectivity index (χ0) is 23.7. The van der Waals surface area contributed by atoms with Gasteiger partial charge in [0, 0.05) is 21.2 Å². The summed E-state index contributed by atoms with van der Waals surface area (Å²) in [5.41, 5.74) is 1.44.